The van der Waals surface area contributed by atoms with Crippen molar-refractivity contribution in [1.82, 2.24) is 10.4 Å². The third-order valence-corrected chi connectivity index (χ3v) is 4.40. The van der Waals surface area contributed by atoms with Gasteiger partial charge in [-0.05, 0) is 42.5 Å². The van der Waals surface area contributed by atoms with Gasteiger partial charge in [-0.1, -0.05) is 49.7 Å². The lowest BCUT2D eigenvalue weighted by Crippen LogP contribution is -2.37. The molecule has 0 atom stereocenters. The highest BCUT2D eigenvalue weighted by Crippen LogP contribution is 2.12. The van der Waals surface area contributed by atoms with Gasteiger partial charge in [-0.15, -0.1) is 0 Å². The van der Waals surface area contributed by atoms with Crippen LogP contribution in [0.4, 0.5) is 0 Å². The third-order valence-electron chi connectivity index (χ3n) is 4.15. The first-order chi connectivity index (χ1) is 12.6. The van der Waals surface area contributed by atoms with E-state index in [4.69, 9.17) is 21.2 Å². The van der Waals surface area contributed by atoms with Gasteiger partial charge >= 0.3 is 0 Å². The van der Waals surface area contributed by atoms with E-state index < -0.39 is 0 Å². The molecule has 0 radical (unpaired) electrons. The maximum atomic E-state index is 5.94. The maximum absolute atomic E-state index is 5.94. The molecule has 5 heteroatoms. The Labute approximate surface area is 162 Å². The van der Waals surface area contributed by atoms with E-state index in [2.05, 4.69) is 36.4 Å². The summed E-state index contributed by atoms with van der Waals surface area (Å²) in [5, 5.41) is 0.749. The Balaban J connectivity index is 1.76. The van der Waals surface area contributed by atoms with Crippen LogP contribution in [-0.4, -0.2) is 44.4 Å². The van der Waals surface area contributed by atoms with E-state index >= 15 is 0 Å². The van der Waals surface area contributed by atoms with Crippen LogP contribution in [0.5, 0.6) is 0 Å². The summed E-state index contributed by atoms with van der Waals surface area (Å²) >= 11 is 5.94. The highest BCUT2D eigenvalue weighted by molar-refractivity contribution is 6.30. The highest BCUT2D eigenvalue weighted by atomic mass is 35.5. The van der Waals surface area contributed by atoms with Crippen LogP contribution >= 0.6 is 11.6 Å². The molecular weight excluding hydrogens is 348 g/mol. The number of nitrogens with zero attached hydrogens (tertiary/aromatic N) is 1. The predicted molar refractivity (Wildman–Crippen MR) is 109 cm³/mol. The van der Waals surface area contributed by atoms with E-state index in [1.165, 1.54) is 0 Å². The molecule has 0 unspecified atom stereocenters. The number of hydrogen-bond donors (Lipinski definition) is 1. The molecule has 0 amide bonds. The second-order valence-corrected chi connectivity index (χ2v) is 7.37. The molecular formula is C21H31ClN2O2. The van der Waals surface area contributed by atoms with E-state index in [1.54, 1.807) is 0 Å². The largest absolute Gasteiger partial charge is 0.379 e. The van der Waals surface area contributed by atoms with Gasteiger partial charge in [0.05, 0.1) is 25.5 Å². The Hall–Kier alpha value is -1.33. The zero-order chi connectivity index (χ0) is 18.6. The van der Waals surface area contributed by atoms with E-state index in [0.717, 1.165) is 62.0 Å². The molecule has 144 valence electrons. The Kier molecular flexibility index (Phi) is 9.78. The Morgan fingerprint density at radius 1 is 1.27 bits per heavy atom. The van der Waals surface area contributed by atoms with Crippen LogP contribution in [0.2, 0.25) is 5.02 Å². The number of allylic oxidation sites excluding steroid dienone is 2. The van der Waals surface area contributed by atoms with Gasteiger partial charge in [0.25, 0.3) is 0 Å². The van der Waals surface area contributed by atoms with Crippen molar-refractivity contribution in [2.45, 2.75) is 26.7 Å². The number of halogens is 1. The molecule has 0 saturated carbocycles. The van der Waals surface area contributed by atoms with Gasteiger partial charge in [-0.25, -0.2) is 0 Å². The summed E-state index contributed by atoms with van der Waals surface area (Å²) in [6.45, 7) is 9.89. The van der Waals surface area contributed by atoms with E-state index in [-0.39, 0.29) is 0 Å². The highest BCUT2D eigenvalue weighted by Gasteiger charge is 2.09. The summed E-state index contributed by atoms with van der Waals surface area (Å²) in [6.07, 6.45) is 8.30. The third kappa shape index (κ3) is 8.86. The fraction of sp³-hybridized carbons (Fsp3) is 0.524. The van der Waals surface area contributed by atoms with Crippen LogP contribution in [0, 0.1) is 5.92 Å². The molecule has 1 saturated heterocycles. The molecule has 0 bridgehead atoms. The molecule has 2 rings (SSSR count). The van der Waals surface area contributed by atoms with Crippen molar-refractivity contribution in [3.63, 3.8) is 0 Å². The molecule has 1 aromatic rings. The van der Waals surface area contributed by atoms with Gasteiger partial charge in [0.1, 0.15) is 0 Å². The summed E-state index contributed by atoms with van der Waals surface area (Å²) in [4.78, 5) is 8.10. The van der Waals surface area contributed by atoms with Crippen LogP contribution < -0.4 is 5.48 Å². The molecule has 1 aliphatic rings. The van der Waals surface area contributed by atoms with Gasteiger partial charge in [0, 0.05) is 24.7 Å². The van der Waals surface area contributed by atoms with Crippen molar-refractivity contribution in [2.24, 2.45) is 5.92 Å². The molecule has 1 N–H and O–H groups in total. The number of benzene rings is 1. The zero-order valence-electron chi connectivity index (χ0n) is 15.9. The second kappa shape index (κ2) is 12.1. The number of nitrogens with one attached hydrogen (secondary N) is 1. The average Bonchev–Trinajstić information content (AvgIpc) is 2.65. The van der Waals surface area contributed by atoms with Crippen LogP contribution in [0.3, 0.4) is 0 Å². The summed E-state index contributed by atoms with van der Waals surface area (Å²) in [5.74, 6) is 0.608. The number of morpholine rings is 1. The van der Waals surface area contributed by atoms with E-state index in [1.807, 2.05) is 30.3 Å². The predicted octanol–water partition coefficient (Wildman–Crippen LogP) is 4.53. The van der Waals surface area contributed by atoms with E-state index in [0.29, 0.717) is 12.5 Å². The summed E-state index contributed by atoms with van der Waals surface area (Å²) in [7, 11) is 0. The minimum atomic E-state index is 0.608. The van der Waals surface area contributed by atoms with Crippen molar-refractivity contribution in [1.29, 1.82) is 0 Å². The van der Waals surface area contributed by atoms with Gasteiger partial charge in [-0.2, -0.15) is 0 Å². The number of rotatable bonds is 10. The Morgan fingerprint density at radius 3 is 2.69 bits per heavy atom. The summed E-state index contributed by atoms with van der Waals surface area (Å²) < 4.78 is 5.37. The van der Waals surface area contributed by atoms with Crippen LogP contribution in [0.1, 0.15) is 32.3 Å². The Morgan fingerprint density at radius 2 is 2.00 bits per heavy atom. The minimum Gasteiger partial charge on any atom is -0.379 e. The van der Waals surface area contributed by atoms with Gasteiger partial charge < -0.3 is 4.74 Å². The average molecular weight is 379 g/mol. The van der Waals surface area contributed by atoms with Crippen molar-refractivity contribution >= 4 is 17.7 Å². The maximum Gasteiger partial charge on any atom is 0.0758 e. The lowest BCUT2D eigenvalue weighted by atomic mass is 10.1. The molecule has 1 heterocycles. The quantitative estimate of drug-likeness (QED) is 0.368. The van der Waals surface area contributed by atoms with E-state index in [9.17, 15) is 0 Å². The fourth-order valence-electron chi connectivity index (χ4n) is 2.59. The second-order valence-electron chi connectivity index (χ2n) is 6.93. The zero-order valence-corrected chi connectivity index (χ0v) is 16.7. The normalized spacial score (nSPS) is 16.5. The van der Waals surface area contributed by atoms with Crippen LogP contribution in [0.15, 0.2) is 42.1 Å². The van der Waals surface area contributed by atoms with Gasteiger partial charge in [-0.3, -0.25) is 15.2 Å². The standard InChI is InChI=1S/C21H31ClN2O2/c1-18(2)4-10-21(11-7-19-5-8-20(22)9-6-19)23-26-15-3-12-24-13-16-25-17-14-24/h5-11,18,23H,3-4,12-17H2,1-2H3. The molecule has 0 spiro atoms. The summed E-state index contributed by atoms with van der Waals surface area (Å²) in [5.41, 5.74) is 5.20. The topological polar surface area (TPSA) is 33.7 Å². The monoisotopic (exact) mass is 378 g/mol. The molecule has 26 heavy (non-hydrogen) atoms. The first kappa shape index (κ1) is 21.0. The number of ether oxygens (including phenoxy) is 1. The smallest absolute Gasteiger partial charge is 0.0758 e. The van der Waals surface area contributed by atoms with Crippen LogP contribution in [0.25, 0.3) is 6.08 Å². The minimum absolute atomic E-state index is 0.608. The lowest BCUT2D eigenvalue weighted by molar-refractivity contribution is 0.0234. The molecule has 1 aromatic carbocycles. The SMILES string of the molecule is CC(C)CC=C(C=Cc1ccc(Cl)cc1)NOCCCN1CCOCC1. The van der Waals surface area contributed by atoms with Crippen molar-refractivity contribution in [3.8, 4) is 0 Å². The Bertz CT molecular complexity index is 564. The van der Waals surface area contributed by atoms with Gasteiger partial charge in [0.15, 0.2) is 0 Å². The first-order valence-electron chi connectivity index (χ1n) is 9.45. The molecule has 0 aromatic heterocycles. The van der Waals surface area contributed by atoms with Crippen LogP contribution in [-0.2, 0) is 9.57 Å². The van der Waals surface area contributed by atoms with Crippen molar-refractivity contribution in [3.05, 3.63) is 52.7 Å². The lowest BCUT2D eigenvalue weighted by Gasteiger charge is -2.26. The first-order valence-corrected chi connectivity index (χ1v) is 9.83. The molecule has 1 aliphatic heterocycles. The summed E-state index contributed by atoms with van der Waals surface area (Å²) in [6, 6.07) is 7.80. The molecule has 1 fully saturated rings. The van der Waals surface area contributed by atoms with Crippen molar-refractivity contribution in [2.75, 3.05) is 39.5 Å². The molecule has 0 aliphatic carbocycles. The fourth-order valence-corrected chi connectivity index (χ4v) is 2.71. The number of hydrogen-bond acceptors (Lipinski definition) is 4. The van der Waals surface area contributed by atoms with Crippen molar-refractivity contribution < 1.29 is 9.57 Å². The molecule has 4 nitrogen and oxygen atoms in total. The van der Waals surface area contributed by atoms with Gasteiger partial charge in [0.2, 0.25) is 0 Å². The number of hydroxylamine groups is 1.